The minimum Gasteiger partial charge on any atom is -0.372 e. The van der Waals surface area contributed by atoms with Gasteiger partial charge in [0.15, 0.2) is 5.76 Å². The number of ether oxygens (including phenoxy) is 1. The first-order valence-electron chi connectivity index (χ1n) is 7.22. The molecule has 1 unspecified atom stereocenters. The molecule has 5 heteroatoms. The van der Waals surface area contributed by atoms with Gasteiger partial charge in [-0.25, -0.2) is 0 Å². The molecule has 5 nitrogen and oxygen atoms in total. The Labute approximate surface area is 115 Å². The van der Waals surface area contributed by atoms with Gasteiger partial charge in [-0.05, 0) is 33.0 Å². The van der Waals surface area contributed by atoms with Crippen LogP contribution in [0.5, 0.6) is 0 Å². The standard InChI is InChI=1S/C14H25N3O2/c1-3-15-9-12-8-14(19-16-12)11-18-10-13-6-4-5-7-17(13)2/h8,13,15H,3-7,9-11H2,1-2H3. The average molecular weight is 267 g/mol. The van der Waals surface area contributed by atoms with E-state index in [4.69, 9.17) is 9.26 Å². The third-order valence-corrected chi connectivity index (χ3v) is 3.64. The molecule has 1 saturated heterocycles. The van der Waals surface area contributed by atoms with E-state index in [2.05, 4.69) is 29.3 Å². The highest BCUT2D eigenvalue weighted by Crippen LogP contribution is 2.15. The van der Waals surface area contributed by atoms with E-state index in [1.165, 1.54) is 25.8 Å². The molecule has 0 amide bonds. The monoisotopic (exact) mass is 267 g/mol. The molecule has 0 saturated carbocycles. The molecule has 2 rings (SSSR count). The maximum atomic E-state index is 5.75. The summed E-state index contributed by atoms with van der Waals surface area (Å²) in [5.41, 5.74) is 0.940. The second-order valence-corrected chi connectivity index (χ2v) is 5.21. The van der Waals surface area contributed by atoms with Crippen molar-refractivity contribution in [2.45, 2.75) is 45.4 Å². The molecular weight excluding hydrogens is 242 g/mol. The van der Waals surface area contributed by atoms with Crippen LogP contribution in [0.3, 0.4) is 0 Å². The van der Waals surface area contributed by atoms with Gasteiger partial charge in [0, 0.05) is 18.7 Å². The van der Waals surface area contributed by atoms with Crippen molar-refractivity contribution >= 4 is 0 Å². The summed E-state index contributed by atoms with van der Waals surface area (Å²) in [6.07, 6.45) is 3.86. The minimum absolute atomic E-state index is 0.517. The highest BCUT2D eigenvalue weighted by atomic mass is 16.5. The van der Waals surface area contributed by atoms with Crippen LogP contribution in [0, 0.1) is 0 Å². The van der Waals surface area contributed by atoms with Gasteiger partial charge in [0.05, 0.1) is 12.3 Å². The highest BCUT2D eigenvalue weighted by Gasteiger charge is 2.18. The summed E-state index contributed by atoms with van der Waals surface area (Å²) in [5.74, 6) is 0.811. The molecule has 1 aliphatic rings. The van der Waals surface area contributed by atoms with Crippen LogP contribution in [-0.2, 0) is 17.9 Å². The summed E-state index contributed by atoms with van der Waals surface area (Å²) >= 11 is 0. The van der Waals surface area contributed by atoms with Crippen LogP contribution in [0.1, 0.15) is 37.6 Å². The Balaban J connectivity index is 1.68. The van der Waals surface area contributed by atoms with Crippen LogP contribution >= 0.6 is 0 Å². The molecule has 1 aromatic rings. The Morgan fingerprint density at radius 3 is 3.21 bits per heavy atom. The number of nitrogens with one attached hydrogen (secondary N) is 1. The van der Waals surface area contributed by atoms with Gasteiger partial charge in [0.1, 0.15) is 6.61 Å². The van der Waals surface area contributed by atoms with E-state index in [1.807, 2.05) is 6.07 Å². The molecule has 108 valence electrons. The van der Waals surface area contributed by atoms with Gasteiger partial charge in [-0.1, -0.05) is 18.5 Å². The van der Waals surface area contributed by atoms with Crippen molar-refractivity contribution < 1.29 is 9.26 Å². The molecule has 2 heterocycles. The fourth-order valence-corrected chi connectivity index (χ4v) is 2.41. The van der Waals surface area contributed by atoms with Crippen molar-refractivity contribution in [2.75, 3.05) is 26.7 Å². The quantitative estimate of drug-likeness (QED) is 0.816. The van der Waals surface area contributed by atoms with Gasteiger partial charge in [-0.2, -0.15) is 0 Å². The molecule has 1 N–H and O–H groups in total. The van der Waals surface area contributed by atoms with Crippen molar-refractivity contribution in [1.29, 1.82) is 0 Å². The SMILES string of the molecule is CCNCc1cc(COCC2CCCCN2C)on1. The predicted octanol–water partition coefficient (Wildman–Crippen LogP) is 1.78. The Morgan fingerprint density at radius 1 is 1.53 bits per heavy atom. The molecule has 1 atom stereocenters. The van der Waals surface area contributed by atoms with E-state index >= 15 is 0 Å². The Morgan fingerprint density at radius 2 is 2.42 bits per heavy atom. The lowest BCUT2D eigenvalue weighted by Crippen LogP contribution is -2.39. The van der Waals surface area contributed by atoms with Gasteiger partial charge in [-0.15, -0.1) is 0 Å². The van der Waals surface area contributed by atoms with E-state index in [-0.39, 0.29) is 0 Å². The number of aromatic nitrogens is 1. The normalized spacial score (nSPS) is 20.8. The number of nitrogens with zero attached hydrogens (tertiary/aromatic N) is 2. The molecule has 0 aromatic carbocycles. The first kappa shape index (κ1) is 14.5. The van der Waals surface area contributed by atoms with Crippen molar-refractivity contribution in [2.24, 2.45) is 0 Å². The average Bonchev–Trinajstić information content (AvgIpc) is 2.86. The molecule has 0 aliphatic carbocycles. The lowest BCUT2D eigenvalue weighted by molar-refractivity contribution is 0.0354. The van der Waals surface area contributed by atoms with Crippen molar-refractivity contribution in [3.63, 3.8) is 0 Å². The summed E-state index contributed by atoms with van der Waals surface area (Å²) < 4.78 is 11.0. The van der Waals surface area contributed by atoms with Crippen LogP contribution in [-0.4, -0.2) is 42.8 Å². The lowest BCUT2D eigenvalue weighted by Gasteiger charge is -2.31. The molecular formula is C14H25N3O2. The number of piperidine rings is 1. The molecule has 19 heavy (non-hydrogen) atoms. The second kappa shape index (κ2) is 7.62. The van der Waals surface area contributed by atoms with Crippen LogP contribution in [0.15, 0.2) is 10.6 Å². The molecule has 0 radical (unpaired) electrons. The second-order valence-electron chi connectivity index (χ2n) is 5.21. The minimum atomic E-state index is 0.517. The number of hydrogen-bond acceptors (Lipinski definition) is 5. The van der Waals surface area contributed by atoms with Crippen LogP contribution in [0.4, 0.5) is 0 Å². The van der Waals surface area contributed by atoms with Crippen molar-refractivity contribution in [1.82, 2.24) is 15.4 Å². The van der Waals surface area contributed by atoms with Gasteiger partial charge < -0.3 is 19.5 Å². The van der Waals surface area contributed by atoms with Gasteiger partial charge in [0.2, 0.25) is 0 Å². The predicted molar refractivity (Wildman–Crippen MR) is 73.8 cm³/mol. The van der Waals surface area contributed by atoms with Crippen molar-refractivity contribution in [3.05, 3.63) is 17.5 Å². The van der Waals surface area contributed by atoms with E-state index < -0.39 is 0 Å². The summed E-state index contributed by atoms with van der Waals surface area (Å²) in [6, 6.07) is 2.52. The third kappa shape index (κ3) is 4.60. The number of likely N-dealkylation sites (tertiary alicyclic amines) is 1. The lowest BCUT2D eigenvalue weighted by atomic mass is 10.0. The fourth-order valence-electron chi connectivity index (χ4n) is 2.41. The summed E-state index contributed by atoms with van der Waals surface area (Å²) in [4.78, 5) is 2.39. The third-order valence-electron chi connectivity index (χ3n) is 3.64. The smallest absolute Gasteiger partial charge is 0.162 e. The molecule has 0 bridgehead atoms. The highest BCUT2D eigenvalue weighted by molar-refractivity contribution is 5.04. The summed E-state index contributed by atoms with van der Waals surface area (Å²) in [5, 5.41) is 7.23. The fraction of sp³-hybridized carbons (Fsp3) is 0.786. The zero-order valence-corrected chi connectivity index (χ0v) is 12.0. The van der Waals surface area contributed by atoms with Gasteiger partial charge in [-0.3, -0.25) is 0 Å². The Hall–Kier alpha value is -0.910. The van der Waals surface area contributed by atoms with Crippen LogP contribution in [0.25, 0.3) is 0 Å². The van der Waals surface area contributed by atoms with Gasteiger partial charge >= 0.3 is 0 Å². The Bertz CT molecular complexity index is 367. The zero-order chi connectivity index (χ0) is 13.5. The maximum absolute atomic E-state index is 5.75. The summed E-state index contributed by atoms with van der Waals surface area (Å²) in [7, 11) is 2.18. The topological polar surface area (TPSA) is 50.5 Å². The van der Waals surface area contributed by atoms with Crippen LogP contribution in [0.2, 0.25) is 0 Å². The molecule has 1 fully saturated rings. The largest absolute Gasteiger partial charge is 0.372 e. The maximum Gasteiger partial charge on any atom is 0.162 e. The zero-order valence-electron chi connectivity index (χ0n) is 12.0. The molecule has 1 aromatic heterocycles. The van der Waals surface area contributed by atoms with E-state index in [9.17, 15) is 0 Å². The number of rotatable bonds is 7. The first-order chi connectivity index (χ1) is 9.29. The molecule has 1 aliphatic heterocycles. The van der Waals surface area contributed by atoms with Gasteiger partial charge in [0.25, 0.3) is 0 Å². The van der Waals surface area contributed by atoms with E-state index in [1.54, 1.807) is 0 Å². The first-order valence-corrected chi connectivity index (χ1v) is 7.22. The molecule has 0 spiro atoms. The van der Waals surface area contributed by atoms with Crippen LogP contribution < -0.4 is 5.32 Å². The Kier molecular flexibility index (Phi) is 5.82. The van der Waals surface area contributed by atoms with E-state index in [0.29, 0.717) is 12.6 Å². The van der Waals surface area contributed by atoms with E-state index in [0.717, 1.165) is 31.2 Å². The van der Waals surface area contributed by atoms with Crippen molar-refractivity contribution in [3.8, 4) is 0 Å². The number of likely N-dealkylation sites (N-methyl/N-ethyl adjacent to an activating group) is 1. The number of hydrogen-bond donors (Lipinski definition) is 1. The summed E-state index contributed by atoms with van der Waals surface area (Å²) in [6.45, 7) is 6.25.